The van der Waals surface area contributed by atoms with Crippen LogP contribution >= 0.6 is 11.3 Å². The number of carbonyl (C=O) groups excluding carboxylic acids is 1. The summed E-state index contributed by atoms with van der Waals surface area (Å²) in [5, 5.41) is 6.47. The van der Waals surface area contributed by atoms with Gasteiger partial charge in [0.15, 0.2) is 0 Å². The molecule has 172 valence electrons. The van der Waals surface area contributed by atoms with Crippen molar-refractivity contribution in [3.05, 3.63) is 71.2 Å². The van der Waals surface area contributed by atoms with E-state index in [-0.39, 0.29) is 5.91 Å². The van der Waals surface area contributed by atoms with Crippen molar-refractivity contribution in [2.45, 2.75) is 13.5 Å². The normalized spacial score (nSPS) is 14.9. The molecule has 1 aliphatic heterocycles. The van der Waals surface area contributed by atoms with E-state index < -0.39 is 0 Å². The second kappa shape index (κ2) is 8.83. The molecule has 0 radical (unpaired) electrons. The van der Waals surface area contributed by atoms with Crippen LogP contribution in [0.1, 0.15) is 15.4 Å². The first kappa shape index (κ1) is 21.3. The minimum Gasteiger partial charge on any atom is -0.379 e. The van der Waals surface area contributed by atoms with Gasteiger partial charge in [-0.15, -0.1) is 11.3 Å². The van der Waals surface area contributed by atoms with Crippen LogP contribution in [-0.2, 0) is 11.3 Å². The Labute approximate surface area is 201 Å². The number of aromatic nitrogens is 2. The Kier molecular flexibility index (Phi) is 5.53. The highest BCUT2D eigenvalue weighted by molar-refractivity contribution is 7.18. The Morgan fingerprint density at radius 3 is 2.71 bits per heavy atom. The van der Waals surface area contributed by atoms with Crippen LogP contribution < -0.4 is 5.32 Å². The highest BCUT2D eigenvalue weighted by atomic mass is 32.1. The fraction of sp³-hybridized carbons (Fsp3) is 0.259. The second-order valence-electron chi connectivity index (χ2n) is 8.72. The van der Waals surface area contributed by atoms with Gasteiger partial charge in [-0.2, -0.15) is 0 Å². The predicted molar refractivity (Wildman–Crippen MR) is 139 cm³/mol. The third-order valence-corrected chi connectivity index (χ3v) is 7.48. The average molecular weight is 471 g/mol. The number of hydrogen-bond acceptors (Lipinski definition) is 5. The molecule has 3 heterocycles. The van der Waals surface area contributed by atoms with Crippen molar-refractivity contribution in [2.75, 3.05) is 38.2 Å². The van der Waals surface area contributed by atoms with Crippen molar-refractivity contribution in [3.63, 3.8) is 0 Å². The van der Waals surface area contributed by atoms with Gasteiger partial charge in [0.25, 0.3) is 5.91 Å². The first-order valence-corrected chi connectivity index (χ1v) is 12.5. The van der Waals surface area contributed by atoms with E-state index >= 15 is 0 Å². The van der Waals surface area contributed by atoms with Crippen molar-refractivity contribution in [3.8, 4) is 0 Å². The molecule has 5 aromatic rings. The van der Waals surface area contributed by atoms with Crippen LogP contribution in [0, 0.1) is 6.92 Å². The number of ether oxygens (including phenoxy) is 1. The topological polar surface area (TPSA) is 59.4 Å². The van der Waals surface area contributed by atoms with Gasteiger partial charge in [-0.1, -0.05) is 24.3 Å². The summed E-state index contributed by atoms with van der Waals surface area (Å²) in [4.78, 5) is 20.2. The molecule has 6 rings (SSSR count). The lowest BCUT2D eigenvalue weighted by Gasteiger charge is -2.26. The van der Waals surface area contributed by atoms with Crippen LogP contribution in [0.15, 0.2) is 60.7 Å². The Bertz CT molecular complexity index is 1510. The van der Waals surface area contributed by atoms with Crippen LogP contribution in [0.25, 0.3) is 32.0 Å². The summed E-state index contributed by atoms with van der Waals surface area (Å²) in [5.74, 6) is -0.113. The monoisotopic (exact) mass is 470 g/mol. The summed E-state index contributed by atoms with van der Waals surface area (Å²) in [6, 6.07) is 20.4. The maximum Gasteiger partial charge on any atom is 0.255 e. The molecule has 2 aromatic heterocycles. The predicted octanol–water partition coefficient (Wildman–Crippen LogP) is 5.30. The van der Waals surface area contributed by atoms with Crippen molar-refractivity contribution < 1.29 is 9.53 Å². The van der Waals surface area contributed by atoms with E-state index in [1.165, 1.54) is 16.3 Å². The van der Waals surface area contributed by atoms with Gasteiger partial charge in [0, 0.05) is 59.2 Å². The molecular weight excluding hydrogens is 444 g/mol. The minimum atomic E-state index is -0.113. The molecule has 1 amide bonds. The van der Waals surface area contributed by atoms with Gasteiger partial charge in [-0.05, 0) is 43.3 Å². The largest absolute Gasteiger partial charge is 0.379 e. The van der Waals surface area contributed by atoms with Crippen LogP contribution in [0.2, 0.25) is 0 Å². The summed E-state index contributed by atoms with van der Waals surface area (Å²) in [6.45, 7) is 7.35. The third-order valence-electron chi connectivity index (χ3n) is 6.53. The van der Waals surface area contributed by atoms with E-state index in [4.69, 9.17) is 4.74 Å². The zero-order valence-electron chi connectivity index (χ0n) is 19.1. The van der Waals surface area contributed by atoms with Gasteiger partial charge < -0.3 is 14.6 Å². The number of para-hydroxylation sites is 1. The molecule has 1 aliphatic rings. The standard InChI is InChI=1S/C27H26N4O2S/c1-18-28-23-17-20(7-9-26(23)34-18)29-27(32)19-6-8-22-21-4-2-3-5-24(21)31(25(22)16-19)11-10-30-12-14-33-15-13-30/h2-9,16-17H,10-15H2,1H3,(H,29,32). The first-order chi connectivity index (χ1) is 16.7. The zero-order valence-corrected chi connectivity index (χ0v) is 19.9. The van der Waals surface area contributed by atoms with Gasteiger partial charge >= 0.3 is 0 Å². The number of amides is 1. The summed E-state index contributed by atoms with van der Waals surface area (Å²) < 4.78 is 8.97. The summed E-state index contributed by atoms with van der Waals surface area (Å²) in [7, 11) is 0. The number of hydrogen-bond donors (Lipinski definition) is 1. The van der Waals surface area contributed by atoms with E-state index in [9.17, 15) is 4.79 Å². The molecule has 0 unspecified atom stereocenters. The highest BCUT2D eigenvalue weighted by Crippen LogP contribution is 2.30. The molecule has 6 nitrogen and oxygen atoms in total. The van der Waals surface area contributed by atoms with Crippen LogP contribution in [0.3, 0.4) is 0 Å². The Morgan fingerprint density at radius 2 is 1.82 bits per heavy atom. The van der Waals surface area contributed by atoms with Crippen molar-refractivity contribution in [1.29, 1.82) is 0 Å². The summed E-state index contributed by atoms with van der Waals surface area (Å²) >= 11 is 1.66. The van der Waals surface area contributed by atoms with Gasteiger partial charge in [0.1, 0.15) is 0 Å². The lowest BCUT2D eigenvalue weighted by Crippen LogP contribution is -2.38. The van der Waals surface area contributed by atoms with Crippen molar-refractivity contribution in [2.24, 2.45) is 0 Å². The number of nitrogens with zero attached hydrogens (tertiary/aromatic N) is 3. The number of morpholine rings is 1. The highest BCUT2D eigenvalue weighted by Gasteiger charge is 2.16. The van der Waals surface area contributed by atoms with E-state index in [1.54, 1.807) is 11.3 Å². The Morgan fingerprint density at radius 1 is 1.00 bits per heavy atom. The number of rotatable bonds is 5. The van der Waals surface area contributed by atoms with Gasteiger partial charge in [-0.3, -0.25) is 9.69 Å². The Hall–Kier alpha value is -3.26. The van der Waals surface area contributed by atoms with Crippen molar-refractivity contribution in [1.82, 2.24) is 14.5 Å². The molecule has 1 N–H and O–H groups in total. The molecule has 0 bridgehead atoms. The van der Waals surface area contributed by atoms with E-state index in [0.29, 0.717) is 5.56 Å². The van der Waals surface area contributed by atoms with Crippen LogP contribution in [0.5, 0.6) is 0 Å². The first-order valence-electron chi connectivity index (χ1n) is 11.7. The molecular formula is C27H26N4O2S. The number of aryl methyl sites for hydroxylation is 1. The minimum absolute atomic E-state index is 0.113. The maximum absolute atomic E-state index is 13.2. The van der Waals surface area contributed by atoms with E-state index in [2.05, 4.69) is 50.1 Å². The van der Waals surface area contributed by atoms with Gasteiger partial charge in [0.2, 0.25) is 0 Å². The molecule has 34 heavy (non-hydrogen) atoms. The average Bonchev–Trinajstić information content (AvgIpc) is 3.39. The molecule has 0 spiro atoms. The van der Waals surface area contributed by atoms with Crippen LogP contribution in [-0.4, -0.2) is 53.2 Å². The SMILES string of the molecule is Cc1nc2cc(NC(=O)c3ccc4c5ccccc5n(CCN5CCOCC5)c4c3)ccc2s1. The fourth-order valence-electron chi connectivity index (χ4n) is 4.82. The summed E-state index contributed by atoms with van der Waals surface area (Å²) in [5.41, 5.74) is 4.62. The molecule has 0 aliphatic carbocycles. The molecule has 7 heteroatoms. The second-order valence-corrected chi connectivity index (χ2v) is 9.96. The van der Waals surface area contributed by atoms with Gasteiger partial charge in [0.05, 0.1) is 28.4 Å². The van der Waals surface area contributed by atoms with E-state index in [0.717, 1.165) is 65.8 Å². The fourth-order valence-corrected chi connectivity index (χ4v) is 5.63. The molecule has 1 saturated heterocycles. The smallest absolute Gasteiger partial charge is 0.255 e. The quantitative estimate of drug-likeness (QED) is 0.379. The van der Waals surface area contributed by atoms with Crippen molar-refractivity contribution >= 4 is 55.0 Å². The zero-order chi connectivity index (χ0) is 23.1. The molecule has 0 atom stereocenters. The van der Waals surface area contributed by atoms with Gasteiger partial charge in [-0.25, -0.2) is 4.98 Å². The third kappa shape index (κ3) is 3.96. The number of nitrogens with one attached hydrogen (secondary N) is 1. The summed E-state index contributed by atoms with van der Waals surface area (Å²) in [6.07, 6.45) is 0. The Balaban J connectivity index is 1.32. The number of fused-ring (bicyclic) bond motifs is 4. The number of carbonyl (C=O) groups is 1. The molecule has 3 aromatic carbocycles. The maximum atomic E-state index is 13.2. The number of thiazole rings is 1. The van der Waals surface area contributed by atoms with E-state index in [1.807, 2.05) is 37.3 Å². The lowest BCUT2D eigenvalue weighted by atomic mass is 10.1. The molecule has 1 fully saturated rings. The number of anilines is 1. The number of benzene rings is 3. The molecule has 0 saturated carbocycles. The lowest BCUT2D eigenvalue weighted by molar-refractivity contribution is 0.0366. The van der Waals surface area contributed by atoms with Crippen LogP contribution in [0.4, 0.5) is 5.69 Å².